The number of ether oxygens (including phenoxy) is 2. The van der Waals surface area contributed by atoms with Gasteiger partial charge in [-0.1, -0.05) is 66.7 Å². The number of nitrogens with zero attached hydrogens (tertiary/aromatic N) is 1. The van der Waals surface area contributed by atoms with Gasteiger partial charge in [0.25, 0.3) is 0 Å². The molecule has 7 nitrogen and oxygen atoms in total. The molecule has 3 aromatic rings. The van der Waals surface area contributed by atoms with Crippen LogP contribution >= 0.6 is 12.4 Å². The van der Waals surface area contributed by atoms with Crippen molar-refractivity contribution in [3.8, 4) is 16.9 Å². The van der Waals surface area contributed by atoms with Gasteiger partial charge in [-0.2, -0.15) is 0 Å². The van der Waals surface area contributed by atoms with Gasteiger partial charge in [0.2, 0.25) is 5.91 Å². The highest BCUT2D eigenvalue weighted by Gasteiger charge is 2.40. The van der Waals surface area contributed by atoms with Crippen molar-refractivity contribution >= 4 is 30.1 Å². The van der Waals surface area contributed by atoms with E-state index in [9.17, 15) is 9.59 Å². The lowest BCUT2D eigenvalue weighted by Crippen LogP contribution is -2.38. The third-order valence-electron chi connectivity index (χ3n) is 6.94. The van der Waals surface area contributed by atoms with Crippen molar-refractivity contribution in [3.63, 3.8) is 0 Å². The Labute approximate surface area is 242 Å². The predicted octanol–water partition coefficient (Wildman–Crippen LogP) is 5.63. The molecule has 0 bridgehead atoms. The van der Waals surface area contributed by atoms with Gasteiger partial charge >= 0.3 is 5.97 Å². The summed E-state index contributed by atoms with van der Waals surface area (Å²) in [6.45, 7) is 4.60. The summed E-state index contributed by atoms with van der Waals surface area (Å²) in [6, 6.07) is 25.5. The number of likely N-dealkylation sites (tertiary alicyclic amines) is 1. The molecule has 1 fully saturated rings. The summed E-state index contributed by atoms with van der Waals surface area (Å²) in [7, 11) is 0. The molecule has 0 aliphatic carbocycles. The average molecular weight is 564 g/mol. The second kappa shape index (κ2) is 14.5. The van der Waals surface area contributed by atoms with Gasteiger partial charge in [0.15, 0.2) is 0 Å². The summed E-state index contributed by atoms with van der Waals surface area (Å²) in [5.41, 5.74) is 9.53. The van der Waals surface area contributed by atoms with Crippen LogP contribution in [-0.2, 0) is 20.7 Å². The maximum atomic E-state index is 13.3. The second-order valence-corrected chi connectivity index (χ2v) is 10.3. The van der Waals surface area contributed by atoms with Crippen LogP contribution in [0.3, 0.4) is 0 Å². The molecular formula is C32H38ClN3O4. The number of carbonyl (C=O) groups is 2. The summed E-state index contributed by atoms with van der Waals surface area (Å²) >= 11 is 0. The number of aryl methyl sites for hydroxylation is 1. The fourth-order valence-electron chi connectivity index (χ4n) is 4.98. The van der Waals surface area contributed by atoms with Gasteiger partial charge in [-0.15, -0.1) is 12.4 Å². The molecule has 4 rings (SSSR count). The summed E-state index contributed by atoms with van der Waals surface area (Å²) in [5, 5.41) is 7.55. The van der Waals surface area contributed by atoms with E-state index in [0.29, 0.717) is 25.1 Å². The Bertz CT molecular complexity index is 1260. The lowest BCUT2D eigenvalue weighted by atomic mass is 10.0. The van der Waals surface area contributed by atoms with Crippen LogP contribution in [0, 0.1) is 11.3 Å². The van der Waals surface area contributed by atoms with Gasteiger partial charge in [-0.3, -0.25) is 15.0 Å². The molecule has 0 spiro atoms. The molecule has 1 amide bonds. The van der Waals surface area contributed by atoms with E-state index in [2.05, 4.69) is 12.1 Å². The van der Waals surface area contributed by atoms with Crippen LogP contribution in [0.25, 0.3) is 11.1 Å². The van der Waals surface area contributed by atoms with Crippen molar-refractivity contribution in [2.75, 3.05) is 13.2 Å². The molecule has 0 saturated carbocycles. The van der Waals surface area contributed by atoms with Crippen LogP contribution in [-0.4, -0.2) is 47.9 Å². The zero-order chi connectivity index (χ0) is 27.8. The molecule has 3 N–H and O–H groups in total. The number of carbonyl (C=O) groups excluding carboxylic acids is 2. The van der Waals surface area contributed by atoms with Gasteiger partial charge in [-0.05, 0) is 61.9 Å². The Morgan fingerprint density at radius 1 is 1.00 bits per heavy atom. The maximum absolute atomic E-state index is 13.3. The van der Waals surface area contributed by atoms with Crippen LogP contribution in [0.1, 0.15) is 44.2 Å². The van der Waals surface area contributed by atoms with E-state index in [-0.39, 0.29) is 54.6 Å². The van der Waals surface area contributed by atoms with Crippen LogP contribution < -0.4 is 10.5 Å². The number of amidine groups is 1. The standard InChI is InChI=1S/C32H37N3O4.ClH/c1-22(2)39-30(36)20-27-19-28(35(32(27)37)18-6-9-23-7-4-3-5-8-23)21-38-29-16-14-25(15-17-29)24-10-12-26(13-11-24)31(33)34;/h3-5,7-8,10-17,22,27-28H,6,9,18-21H2,1-2H3,(H3,33,34);1H/t27-,28-;/m0./s1. The summed E-state index contributed by atoms with van der Waals surface area (Å²) < 4.78 is 11.4. The topological polar surface area (TPSA) is 106 Å². The van der Waals surface area contributed by atoms with E-state index in [4.69, 9.17) is 20.6 Å². The van der Waals surface area contributed by atoms with Crippen LogP contribution in [0.4, 0.5) is 0 Å². The molecule has 212 valence electrons. The Hall–Kier alpha value is -3.84. The number of nitrogens with one attached hydrogen (secondary N) is 1. The number of rotatable bonds is 12. The van der Waals surface area contributed by atoms with E-state index < -0.39 is 0 Å². The normalized spacial score (nSPS) is 16.5. The number of hydrogen-bond acceptors (Lipinski definition) is 5. The number of nitrogen functional groups attached to an aromatic ring is 1. The monoisotopic (exact) mass is 563 g/mol. The van der Waals surface area contributed by atoms with Crippen LogP contribution in [0.5, 0.6) is 5.75 Å². The molecule has 0 radical (unpaired) electrons. The lowest BCUT2D eigenvalue weighted by molar-refractivity contribution is -0.150. The largest absolute Gasteiger partial charge is 0.491 e. The van der Waals surface area contributed by atoms with E-state index >= 15 is 0 Å². The summed E-state index contributed by atoms with van der Waals surface area (Å²) in [4.78, 5) is 27.5. The molecule has 1 aliphatic heterocycles. The highest BCUT2D eigenvalue weighted by atomic mass is 35.5. The van der Waals surface area contributed by atoms with Gasteiger partial charge in [0, 0.05) is 12.1 Å². The number of benzene rings is 3. The molecule has 8 heteroatoms. The van der Waals surface area contributed by atoms with Crippen LogP contribution in [0.2, 0.25) is 0 Å². The minimum Gasteiger partial charge on any atom is -0.491 e. The zero-order valence-electron chi connectivity index (χ0n) is 23.0. The third kappa shape index (κ3) is 8.33. The van der Waals surface area contributed by atoms with Gasteiger partial charge in [0.1, 0.15) is 18.2 Å². The molecule has 1 saturated heterocycles. The van der Waals surface area contributed by atoms with Crippen molar-refractivity contribution in [3.05, 3.63) is 90.0 Å². The van der Waals surface area contributed by atoms with Gasteiger partial charge < -0.3 is 20.1 Å². The Balaban J connectivity index is 0.00000441. The van der Waals surface area contributed by atoms with Crippen molar-refractivity contribution in [2.45, 2.75) is 51.7 Å². The van der Waals surface area contributed by atoms with Crippen molar-refractivity contribution < 1.29 is 19.1 Å². The van der Waals surface area contributed by atoms with E-state index in [1.807, 2.05) is 85.5 Å². The number of hydrogen-bond donors (Lipinski definition) is 2. The van der Waals surface area contributed by atoms with Crippen molar-refractivity contribution in [1.82, 2.24) is 4.90 Å². The maximum Gasteiger partial charge on any atom is 0.306 e. The first-order valence-corrected chi connectivity index (χ1v) is 13.5. The van der Waals surface area contributed by atoms with Gasteiger partial charge in [0.05, 0.1) is 24.5 Å². The first kappa shape index (κ1) is 30.7. The number of nitrogens with two attached hydrogens (primary N) is 1. The van der Waals surface area contributed by atoms with E-state index in [1.54, 1.807) is 0 Å². The average Bonchev–Trinajstić information content (AvgIpc) is 3.21. The molecule has 1 heterocycles. The molecule has 1 aliphatic rings. The Morgan fingerprint density at radius 3 is 2.23 bits per heavy atom. The molecule has 2 atom stereocenters. The lowest BCUT2D eigenvalue weighted by Gasteiger charge is -2.25. The molecule has 40 heavy (non-hydrogen) atoms. The first-order chi connectivity index (χ1) is 18.8. The highest BCUT2D eigenvalue weighted by molar-refractivity contribution is 5.95. The zero-order valence-corrected chi connectivity index (χ0v) is 23.9. The quantitative estimate of drug-likeness (QED) is 0.169. The smallest absolute Gasteiger partial charge is 0.306 e. The van der Waals surface area contributed by atoms with E-state index in [0.717, 1.165) is 29.7 Å². The highest BCUT2D eigenvalue weighted by Crippen LogP contribution is 2.30. The van der Waals surface area contributed by atoms with Crippen LogP contribution in [0.15, 0.2) is 78.9 Å². The minimum absolute atomic E-state index is 0. The number of amides is 1. The fraction of sp³-hybridized carbons (Fsp3) is 0.344. The second-order valence-electron chi connectivity index (χ2n) is 10.3. The molecular weight excluding hydrogens is 526 g/mol. The fourth-order valence-corrected chi connectivity index (χ4v) is 4.98. The van der Waals surface area contributed by atoms with Gasteiger partial charge in [-0.25, -0.2) is 0 Å². The SMILES string of the molecule is CC(C)OC(=O)C[C@@H]1C[C@@H](COc2ccc(-c3ccc(C(=N)N)cc3)cc2)N(CCCc2ccccc2)C1=O.Cl. The summed E-state index contributed by atoms with van der Waals surface area (Å²) in [6.07, 6.45) is 2.18. The Morgan fingerprint density at radius 2 is 1.62 bits per heavy atom. The predicted molar refractivity (Wildman–Crippen MR) is 160 cm³/mol. The van der Waals surface area contributed by atoms with Crippen molar-refractivity contribution in [1.29, 1.82) is 5.41 Å². The number of halogens is 1. The molecule has 0 aromatic heterocycles. The minimum atomic E-state index is -0.387. The Kier molecular flexibility index (Phi) is 11.1. The first-order valence-electron chi connectivity index (χ1n) is 13.5. The van der Waals surface area contributed by atoms with E-state index in [1.165, 1.54) is 5.56 Å². The van der Waals surface area contributed by atoms with Crippen molar-refractivity contribution in [2.24, 2.45) is 11.7 Å². The molecule has 3 aromatic carbocycles. The molecule has 0 unspecified atom stereocenters. The summed E-state index contributed by atoms with van der Waals surface area (Å²) in [5.74, 6) is 0.0482. The third-order valence-corrected chi connectivity index (χ3v) is 6.94. The number of esters is 1.